The molecule has 1 saturated heterocycles. The first-order valence-corrected chi connectivity index (χ1v) is 14.5. The van der Waals surface area contributed by atoms with Gasteiger partial charge in [0.2, 0.25) is 5.72 Å². The fraction of sp³-hybridized carbons (Fsp3) is 0.360. The van der Waals surface area contributed by atoms with Crippen molar-refractivity contribution in [1.82, 2.24) is 24.6 Å². The minimum absolute atomic E-state index is 0.00699. The first kappa shape index (κ1) is 30.1. The molecule has 4 aromatic rings. The molecule has 0 radical (unpaired) electrons. The van der Waals surface area contributed by atoms with Gasteiger partial charge in [0.05, 0.1) is 25.9 Å². The third-order valence-electron chi connectivity index (χ3n) is 6.66. The van der Waals surface area contributed by atoms with Crippen LogP contribution in [-0.4, -0.2) is 72.9 Å². The van der Waals surface area contributed by atoms with Crippen molar-refractivity contribution < 1.29 is 38.1 Å². The number of nitrogens with one attached hydrogen (secondary N) is 2. The molecule has 2 aromatic heterocycles. The Balaban J connectivity index is 1.48. The lowest BCUT2D eigenvalue weighted by Gasteiger charge is -2.29. The second-order valence-electron chi connectivity index (χ2n) is 9.48. The molecule has 18 heteroatoms. The van der Waals surface area contributed by atoms with E-state index in [1.807, 2.05) is 18.2 Å². The van der Waals surface area contributed by atoms with Crippen molar-refractivity contribution in [2.75, 3.05) is 13.2 Å². The Morgan fingerprint density at radius 2 is 2.07 bits per heavy atom. The monoisotopic (exact) mass is 614 g/mol. The molecule has 1 aliphatic rings. The fourth-order valence-electron chi connectivity index (χ4n) is 4.58. The number of rotatable bonds is 11. The highest BCUT2D eigenvalue weighted by atomic mass is 31.2. The second kappa shape index (κ2) is 12.1. The first-order valence-electron chi connectivity index (χ1n) is 13.0. The predicted octanol–water partition coefficient (Wildman–Crippen LogP) is 2.27. The Hall–Kier alpha value is -4.34. The molecule has 1 unspecified atom stereocenters. The van der Waals surface area contributed by atoms with Gasteiger partial charge in [-0.15, -0.1) is 0 Å². The van der Waals surface area contributed by atoms with Crippen molar-refractivity contribution in [2.24, 2.45) is 5.11 Å². The number of aliphatic hydroxyl groups is 2. The number of carbonyl (C=O) groups is 1. The summed E-state index contributed by atoms with van der Waals surface area (Å²) in [6.07, 6.45) is -2.88. The van der Waals surface area contributed by atoms with E-state index in [0.717, 1.165) is 18.0 Å². The molecule has 6 atom stereocenters. The van der Waals surface area contributed by atoms with Gasteiger partial charge in [-0.1, -0.05) is 41.5 Å². The van der Waals surface area contributed by atoms with Crippen LogP contribution in [0.15, 0.2) is 65.0 Å². The lowest BCUT2D eigenvalue weighted by molar-refractivity contribution is -0.144. The smallest absolute Gasteiger partial charge is 0.459 e. The highest BCUT2D eigenvalue weighted by Gasteiger charge is 2.56. The molecule has 0 aliphatic carbocycles. The first-order chi connectivity index (χ1) is 20.6. The molecule has 43 heavy (non-hydrogen) atoms. The summed E-state index contributed by atoms with van der Waals surface area (Å²) in [4.78, 5) is 37.6. The van der Waals surface area contributed by atoms with Crippen molar-refractivity contribution in [2.45, 2.75) is 44.1 Å². The molecular weight excluding hydrogens is 587 g/mol. The van der Waals surface area contributed by atoms with E-state index in [1.165, 1.54) is 17.6 Å². The van der Waals surface area contributed by atoms with Gasteiger partial charge < -0.3 is 29.2 Å². The van der Waals surface area contributed by atoms with Crippen molar-refractivity contribution in [3.8, 4) is 5.75 Å². The zero-order valence-corrected chi connectivity index (χ0v) is 23.7. The Labute approximate surface area is 242 Å². The Kier molecular flexibility index (Phi) is 8.48. The largest absolute Gasteiger partial charge is 0.465 e. The quantitative estimate of drug-likeness (QED) is 0.0626. The number of H-pyrrole nitrogens is 1. The van der Waals surface area contributed by atoms with E-state index in [9.17, 15) is 29.9 Å². The molecule has 0 saturated carbocycles. The molecule has 1 aliphatic heterocycles. The topological polar surface area (TPSA) is 236 Å². The van der Waals surface area contributed by atoms with Gasteiger partial charge in [-0.05, 0) is 30.8 Å². The summed E-state index contributed by atoms with van der Waals surface area (Å²) in [6, 6.07) is 10.9. The SMILES string of the molecule is CCOC(=O)[C@H](C)NP(=O)(OC[C@@]1(N=[N+]=[N-])O[C@@H](n2cnc3c(=O)[nH]cnc32)[C@H](O)[C@@H]1O)Oc1cccc2ccccc12. The number of fused-ring (bicyclic) bond motifs is 2. The number of imidazole rings is 1. The molecule has 0 bridgehead atoms. The highest BCUT2D eigenvalue weighted by molar-refractivity contribution is 7.52. The maximum Gasteiger partial charge on any atom is 0.459 e. The summed E-state index contributed by atoms with van der Waals surface area (Å²) in [5.74, 6) is -0.616. The van der Waals surface area contributed by atoms with Crippen molar-refractivity contribution in [1.29, 1.82) is 0 Å². The summed E-state index contributed by atoms with van der Waals surface area (Å²) in [7, 11) is -4.55. The van der Waals surface area contributed by atoms with Gasteiger partial charge in [0.1, 0.15) is 24.0 Å². The van der Waals surface area contributed by atoms with Crippen LogP contribution in [0.25, 0.3) is 32.4 Å². The number of aromatic amines is 1. The van der Waals surface area contributed by atoms with Crippen LogP contribution in [-0.2, 0) is 23.4 Å². The van der Waals surface area contributed by atoms with Crippen LogP contribution in [0.5, 0.6) is 5.75 Å². The van der Waals surface area contributed by atoms with Crippen LogP contribution in [0.4, 0.5) is 0 Å². The van der Waals surface area contributed by atoms with E-state index in [-0.39, 0.29) is 23.5 Å². The van der Waals surface area contributed by atoms with Crippen LogP contribution in [0.3, 0.4) is 0 Å². The summed E-state index contributed by atoms with van der Waals surface area (Å²) < 4.78 is 37.7. The maximum absolute atomic E-state index is 14.2. The molecule has 4 N–H and O–H groups in total. The third-order valence-corrected chi connectivity index (χ3v) is 8.27. The lowest BCUT2D eigenvalue weighted by Crippen LogP contribution is -2.45. The van der Waals surface area contributed by atoms with Crippen LogP contribution < -0.4 is 15.2 Å². The average Bonchev–Trinajstić information content (AvgIpc) is 3.53. The number of aliphatic hydroxyl groups excluding tert-OH is 2. The van der Waals surface area contributed by atoms with Crippen LogP contribution in [0.1, 0.15) is 20.1 Å². The van der Waals surface area contributed by atoms with Crippen molar-refractivity contribution >= 4 is 35.7 Å². The second-order valence-corrected chi connectivity index (χ2v) is 11.2. The van der Waals surface area contributed by atoms with Gasteiger partial charge in [-0.25, -0.2) is 14.5 Å². The molecule has 2 aromatic carbocycles. The van der Waals surface area contributed by atoms with E-state index < -0.39 is 56.1 Å². The Morgan fingerprint density at radius 1 is 1.30 bits per heavy atom. The predicted molar refractivity (Wildman–Crippen MR) is 150 cm³/mol. The van der Waals surface area contributed by atoms with E-state index in [1.54, 1.807) is 25.1 Å². The standard InChI is InChI=1S/C25H27N8O9P/c1-3-39-24(37)14(2)30-43(38,42-17-10-6-8-15-7-4-5-9-16(15)17)40-11-25(31-32-26)20(35)19(34)23(41-25)33-13-29-18-21(33)27-12-28-22(18)36/h4-10,12-14,19-20,23,34-35H,3,11H2,1-2H3,(H,30,38)(H,27,28,36)/t14-,19+,20-,23+,25+,43?/m0/s1. The minimum Gasteiger partial charge on any atom is -0.465 e. The van der Waals surface area contributed by atoms with Gasteiger partial charge in [-0.2, -0.15) is 5.09 Å². The van der Waals surface area contributed by atoms with Crippen LogP contribution in [0.2, 0.25) is 0 Å². The number of aromatic nitrogens is 4. The molecule has 1 fully saturated rings. The van der Waals surface area contributed by atoms with E-state index >= 15 is 0 Å². The van der Waals surface area contributed by atoms with Crippen LogP contribution in [0, 0.1) is 0 Å². The fourth-order valence-corrected chi connectivity index (χ4v) is 6.11. The number of ether oxygens (including phenoxy) is 2. The number of hydrogen-bond acceptors (Lipinski definition) is 12. The molecule has 0 spiro atoms. The molecule has 0 amide bonds. The van der Waals surface area contributed by atoms with Gasteiger partial charge in [0.25, 0.3) is 5.56 Å². The van der Waals surface area contributed by atoms with E-state index in [2.05, 4.69) is 30.1 Å². The molecular formula is C25H27N8O9P. The molecule has 226 valence electrons. The number of benzene rings is 2. The number of esters is 1. The van der Waals surface area contributed by atoms with Gasteiger partial charge in [0, 0.05) is 10.3 Å². The summed E-state index contributed by atoms with van der Waals surface area (Å²) in [5.41, 5.74) is 6.37. The molecule has 3 heterocycles. The normalized spacial score (nSPS) is 23.9. The minimum atomic E-state index is -4.55. The summed E-state index contributed by atoms with van der Waals surface area (Å²) in [6.45, 7) is 2.12. The summed E-state index contributed by atoms with van der Waals surface area (Å²) >= 11 is 0. The number of carbonyl (C=O) groups excluding carboxylic acids is 1. The number of nitrogens with zero attached hydrogens (tertiary/aromatic N) is 6. The average molecular weight is 615 g/mol. The third kappa shape index (κ3) is 5.83. The lowest BCUT2D eigenvalue weighted by atomic mass is 10.1. The summed E-state index contributed by atoms with van der Waals surface area (Å²) in [5, 5.41) is 29.4. The highest BCUT2D eigenvalue weighted by Crippen LogP contribution is 2.49. The molecule has 17 nitrogen and oxygen atoms in total. The zero-order chi connectivity index (χ0) is 30.8. The van der Waals surface area contributed by atoms with Crippen molar-refractivity contribution in [3.63, 3.8) is 0 Å². The number of hydrogen-bond donors (Lipinski definition) is 4. The van der Waals surface area contributed by atoms with E-state index in [0.29, 0.717) is 5.39 Å². The zero-order valence-electron chi connectivity index (χ0n) is 22.8. The maximum atomic E-state index is 14.2. The van der Waals surface area contributed by atoms with Gasteiger partial charge in [-0.3, -0.25) is 18.7 Å². The Bertz CT molecular complexity index is 1800. The van der Waals surface area contributed by atoms with Gasteiger partial charge in [0.15, 0.2) is 17.4 Å². The molecule has 5 rings (SSSR count). The number of azide groups is 1. The Morgan fingerprint density at radius 3 is 2.84 bits per heavy atom. The van der Waals surface area contributed by atoms with Crippen LogP contribution >= 0.6 is 7.75 Å². The van der Waals surface area contributed by atoms with Crippen molar-refractivity contribution in [3.05, 3.63) is 75.9 Å². The van der Waals surface area contributed by atoms with E-state index in [4.69, 9.17) is 18.5 Å². The van der Waals surface area contributed by atoms with Gasteiger partial charge >= 0.3 is 13.7 Å².